The van der Waals surface area contributed by atoms with Gasteiger partial charge < -0.3 is 14.5 Å². The molecule has 9 heteroatoms. The van der Waals surface area contributed by atoms with Crippen LogP contribution >= 0.6 is 0 Å². The fraction of sp³-hybridized carbons (Fsp3) is 0.571. The molecule has 1 aromatic heterocycles. The number of fused-ring (bicyclic) bond motifs is 1. The van der Waals surface area contributed by atoms with Gasteiger partial charge in [0.2, 0.25) is 10.0 Å². The van der Waals surface area contributed by atoms with Crippen molar-refractivity contribution >= 4 is 26.9 Å². The summed E-state index contributed by atoms with van der Waals surface area (Å²) in [5.41, 5.74) is 1.17. The van der Waals surface area contributed by atoms with Gasteiger partial charge in [0.1, 0.15) is 5.58 Å². The van der Waals surface area contributed by atoms with E-state index in [4.69, 9.17) is 9.15 Å². The number of morpholine rings is 1. The Hall–Kier alpha value is -1.94. The number of hydrogen-bond acceptors (Lipinski definition) is 6. The summed E-state index contributed by atoms with van der Waals surface area (Å²) in [6.07, 6.45) is 2.85. The lowest BCUT2D eigenvalue weighted by atomic mass is 10.1. The molecule has 2 saturated heterocycles. The van der Waals surface area contributed by atoms with E-state index in [0.717, 1.165) is 52.1 Å². The van der Waals surface area contributed by atoms with E-state index in [0.29, 0.717) is 36.2 Å². The minimum atomic E-state index is -3.53. The molecule has 3 heterocycles. The quantitative estimate of drug-likeness (QED) is 0.746. The molecule has 0 aliphatic carbocycles. The second kappa shape index (κ2) is 9.05. The van der Waals surface area contributed by atoms with E-state index in [2.05, 4.69) is 10.2 Å². The van der Waals surface area contributed by atoms with E-state index in [1.807, 2.05) is 0 Å². The number of piperidine rings is 1. The van der Waals surface area contributed by atoms with E-state index in [9.17, 15) is 13.2 Å². The van der Waals surface area contributed by atoms with Crippen molar-refractivity contribution < 1.29 is 22.4 Å². The second-order valence-corrected chi connectivity index (χ2v) is 9.83. The number of amides is 1. The molecule has 2 fully saturated rings. The van der Waals surface area contributed by atoms with E-state index < -0.39 is 10.0 Å². The molecule has 0 saturated carbocycles. The Morgan fingerprint density at radius 2 is 1.83 bits per heavy atom. The van der Waals surface area contributed by atoms with Gasteiger partial charge in [0, 0.05) is 50.2 Å². The van der Waals surface area contributed by atoms with Gasteiger partial charge in [-0.15, -0.1) is 0 Å². The van der Waals surface area contributed by atoms with Gasteiger partial charge >= 0.3 is 0 Å². The fourth-order valence-electron chi connectivity index (χ4n) is 4.06. The summed E-state index contributed by atoms with van der Waals surface area (Å²) >= 11 is 0. The topological polar surface area (TPSA) is 92.1 Å². The summed E-state index contributed by atoms with van der Waals surface area (Å²) in [7, 11) is -3.53. The Morgan fingerprint density at radius 1 is 1.10 bits per heavy atom. The summed E-state index contributed by atoms with van der Waals surface area (Å²) in [6.45, 7) is 7.36. The Balaban J connectivity index is 1.48. The predicted octanol–water partition coefficient (Wildman–Crippen LogP) is 1.98. The van der Waals surface area contributed by atoms with Crippen molar-refractivity contribution in [1.82, 2.24) is 14.5 Å². The highest BCUT2D eigenvalue weighted by molar-refractivity contribution is 7.89. The number of hydrogen-bond donors (Lipinski definition) is 1. The van der Waals surface area contributed by atoms with Crippen LogP contribution in [0.3, 0.4) is 0 Å². The van der Waals surface area contributed by atoms with Gasteiger partial charge in [0.15, 0.2) is 5.76 Å². The van der Waals surface area contributed by atoms with E-state index in [-0.39, 0.29) is 16.6 Å². The molecule has 0 unspecified atom stereocenters. The summed E-state index contributed by atoms with van der Waals surface area (Å²) in [5.74, 6) is -0.0445. The van der Waals surface area contributed by atoms with Gasteiger partial charge in [0.25, 0.3) is 5.91 Å². The normalized spacial score (nSPS) is 19.2. The number of nitrogens with zero attached hydrogens (tertiary/aromatic N) is 2. The van der Waals surface area contributed by atoms with Crippen LogP contribution in [0.4, 0.5) is 0 Å². The minimum absolute atomic E-state index is 0.236. The van der Waals surface area contributed by atoms with Gasteiger partial charge in [-0.3, -0.25) is 9.69 Å². The molecule has 164 valence electrons. The van der Waals surface area contributed by atoms with Crippen molar-refractivity contribution in [3.05, 3.63) is 29.5 Å². The molecule has 0 atom stereocenters. The monoisotopic (exact) mass is 435 g/mol. The third-order valence-electron chi connectivity index (χ3n) is 5.88. The smallest absolute Gasteiger partial charge is 0.287 e. The van der Waals surface area contributed by atoms with Crippen molar-refractivity contribution in [2.24, 2.45) is 0 Å². The number of ether oxygens (including phenoxy) is 1. The van der Waals surface area contributed by atoms with E-state index >= 15 is 0 Å². The van der Waals surface area contributed by atoms with Crippen LogP contribution in [0.1, 0.15) is 35.4 Å². The molecule has 1 N–H and O–H groups in total. The number of sulfonamides is 1. The largest absolute Gasteiger partial charge is 0.451 e. The first-order chi connectivity index (χ1) is 14.5. The van der Waals surface area contributed by atoms with Gasteiger partial charge in [-0.1, -0.05) is 6.42 Å². The lowest BCUT2D eigenvalue weighted by Gasteiger charge is -2.26. The highest BCUT2D eigenvalue weighted by Crippen LogP contribution is 2.29. The van der Waals surface area contributed by atoms with Gasteiger partial charge in [-0.05, 0) is 38.0 Å². The maximum atomic E-state index is 13.0. The molecule has 2 aliphatic rings. The third-order valence-corrected chi connectivity index (χ3v) is 7.78. The van der Waals surface area contributed by atoms with Crippen LogP contribution in [-0.2, 0) is 14.8 Å². The number of rotatable bonds is 6. The maximum absolute atomic E-state index is 13.0. The Kier molecular flexibility index (Phi) is 6.43. The molecule has 1 amide bonds. The Bertz CT molecular complexity index is 1010. The number of aryl methyl sites for hydroxylation is 1. The van der Waals surface area contributed by atoms with Gasteiger partial charge in [0.05, 0.1) is 18.1 Å². The molecule has 1 aromatic carbocycles. The van der Waals surface area contributed by atoms with Crippen molar-refractivity contribution in [2.45, 2.75) is 31.1 Å². The second-order valence-electron chi connectivity index (χ2n) is 7.89. The number of carbonyl (C=O) groups excluding carboxylic acids is 1. The van der Waals surface area contributed by atoms with Crippen LogP contribution in [0.2, 0.25) is 0 Å². The van der Waals surface area contributed by atoms with Gasteiger partial charge in [-0.2, -0.15) is 4.31 Å². The standard InChI is InChI=1S/C21H29N3O5S/c1-16-18-15-17(30(26,27)24-8-3-2-4-9-24)5-6-19(18)29-20(16)21(25)22-7-10-23-11-13-28-14-12-23/h5-6,15H,2-4,7-14H2,1H3,(H,22,25). The highest BCUT2D eigenvalue weighted by atomic mass is 32.2. The fourth-order valence-corrected chi connectivity index (χ4v) is 5.61. The number of nitrogens with one attached hydrogen (secondary N) is 1. The molecule has 0 radical (unpaired) electrons. The van der Waals surface area contributed by atoms with Crippen LogP contribution < -0.4 is 5.32 Å². The molecular formula is C21H29N3O5S. The zero-order chi connectivity index (χ0) is 21.1. The van der Waals surface area contributed by atoms with E-state index in [1.165, 1.54) is 0 Å². The van der Waals surface area contributed by atoms with Crippen molar-refractivity contribution in [3.8, 4) is 0 Å². The molecule has 0 bridgehead atoms. The first-order valence-electron chi connectivity index (χ1n) is 10.6. The third kappa shape index (κ3) is 4.39. The molecule has 2 aromatic rings. The zero-order valence-corrected chi connectivity index (χ0v) is 18.2. The van der Waals surface area contributed by atoms with Crippen LogP contribution in [-0.4, -0.2) is 76.0 Å². The Labute approximate surface area is 177 Å². The molecule has 0 spiro atoms. The van der Waals surface area contributed by atoms with Crippen LogP contribution in [0.15, 0.2) is 27.5 Å². The lowest BCUT2D eigenvalue weighted by Crippen LogP contribution is -2.41. The molecular weight excluding hydrogens is 406 g/mol. The summed E-state index contributed by atoms with van der Waals surface area (Å²) < 4.78 is 38.6. The number of furan rings is 1. The first kappa shape index (κ1) is 21.3. The maximum Gasteiger partial charge on any atom is 0.287 e. The summed E-state index contributed by atoms with van der Waals surface area (Å²) in [4.78, 5) is 15.1. The average molecular weight is 436 g/mol. The zero-order valence-electron chi connectivity index (χ0n) is 17.4. The van der Waals surface area contributed by atoms with Gasteiger partial charge in [-0.25, -0.2) is 8.42 Å². The molecule has 30 heavy (non-hydrogen) atoms. The lowest BCUT2D eigenvalue weighted by molar-refractivity contribution is 0.0382. The van der Waals surface area contributed by atoms with Crippen LogP contribution in [0.5, 0.6) is 0 Å². The van der Waals surface area contributed by atoms with Crippen LogP contribution in [0.25, 0.3) is 11.0 Å². The van der Waals surface area contributed by atoms with Crippen molar-refractivity contribution in [1.29, 1.82) is 0 Å². The Morgan fingerprint density at radius 3 is 2.57 bits per heavy atom. The number of benzene rings is 1. The van der Waals surface area contributed by atoms with Crippen LogP contribution in [0, 0.1) is 6.92 Å². The first-order valence-corrected chi connectivity index (χ1v) is 12.0. The predicted molar refractivity (Wildman–Crippen MR) is 113 cm³/mol. The summed E-state index contributed by atoms with van der Waals surface area (Å²) in [5, 5.41) is 3.56. The minimum Gasteiger partial charge on any atom is -0.451 e. The van der Waals surface area contributed by atoms with Crippen molar-refractivity contribution in [3.63, 3.8) is 0 Å². The average Bonchev–Trinajstić information content (AvgIpc) is 3.11. The van der Waals surface area contributed by atoms with E-state index in [1.54, 1.807) is 29.4 Å². The summed E-state index contributed by atoms with van der Waals surface area (Å²) in [6, 6.07) is 4.83. The highest BCUT2D eigenvalue weighted by Gasteiger charge is 2.27. The number of carbonyl (C=O) groups is 1. The SMILES string of the molecule is Cc1c(C(=O)NCCN2CCOCC2)oc2ccc(S(=O)(=O)N3CCCCC3)cc12. The molecule has 2 aliphatic heterocycles. The molecule has 4 rings (SSSR count). The van der Waals surface area contributed by atoms with Crippen molar-refractivity contribution in [2.75, 3.05) is 52.5 Å². The molecule has 8 nitrogen and oxygen atoms in total.